The van der Waals surface area contributed by atoms with Gasteiger partial charge in [0.05, 0.1) is 16.0 Å². The molecule has 3 aliphatic rings. The zero-order chi connectivity index (χ0) is 29.0. The summed E-state index contributed by atoms with van der Waals surface area (Å²) in [6.07, 6.45) is 6.70. The highest BCUT2D eigenvalue weighted by Gasteiger charge is 2.51. The Labute approximate surface area is 255 Å². The number of nitrogens with two attached hydrogens (primary N) is 1. The predicted molar refractivity (Wildman–Crippen MR) is 176 cm³/mol. The van der Waals surface area contributed by atoms with E-state index in [1.807, 2.05) is 36.4 Å². The van der Waals surface area contributed by atoms with Crippen LogP contribution in [0.15, 0.2) is 144 Å². The molecule has 2 aliphatic heterocycles. The van der Waals surface area contributed by atoms with Gasteiger partial charge in [-0.25, -0.2) is 0 Å². The lowest BCUT2D eigenvalue weighted by molar-refractivity contribution is -0.110. The van der Waals surface area contributed by atoms with E-state index in [-0.39, 0.29) is 5.25 Å². The molecule has 3 N–H and O–H groups in total. The van der Waals surface area contributed by atoms with Gasteiger partial charge in [0.15, 0.2) is 0 Å². The average molecular weight is 574 g/mol. The first kappa shape index (κ1) is 25.8. The summed E-state index contributed by atoms with van der Waals surface area (Å²) >= 11 is 1.77. The largest absolute Gasteiger partial charge is 0.456 e. The van der Waals surface area contributed by atoms with Gasteiger partial charge in [0.1, 0.15) is 11.5 Å². The van der Waals surface area contributed by atoms with Crippen LogP contribution >= 0.6 is 11.8 Å². The lowest BCUT2D eigenvalue weighted by atomic mass is 9.65. The summed E-state index contributed by atoms with van der Waals surface area (Å²) in [6.45, 7) is 0. The Hall–Kier alpha value is -4.93. The quantitative estimate of drug-likeness (QED) is 0.205. The molecule has 0 saturated carbocycles. The second kappa shape index (κ2) is 10.1. The van der Waals surface area contributed by atoms with Crippen LogP contribution in [0.25, 0.3) is 11.1 Å². The van der Waals surface area contributed by atoms with Gasteiger partial charge in [-0.15, -0.1) is 11.8 Å². The number of hydrogen-bond donors (Lipinski definition) is 2. The van der Waals surface area contributed by atoms with Gasteiger partial charge in [-0.3, -0.25) is 5.41 Å². The van der Waals surface area contributed by atoms with Crippen LogP contribution < -0.4 is 10.1 Å². The second-order valence-electron chi connectivity index (χ2n) is 11.1. The van der Waals surface area contributed by atoms with Crippen LogP contribution in [0.5, 0.6) is 11.5 Å². The number of fused-ring (bicyclic) bond motifs is 9. The fourth-order valence-electron chi connectivity index (χ4n) is 6.96. The molecule has 0 bridgehead atoms. The van der Waals surface area contributed by atoms with E-state index in [9.17, 15) is 0 Å². The maximum Gasteiger partial charge on any atom is 0.210 e. The Morgan fingerprint density at radius 1 is 0.721 bits per heavy atom. The minimum Gasteiger partial charge on any atom is -0.456 e. The average Bonchev–Trinajstić information content (AvgIpc) is 3.67. The molecule has 4 heteroatoms. The third-order valence-corrected chi connectivity index (χ3v) is 10.2. The van der Waals surface area contributed by atoms with Crippen LogP contribution in [-0.4, -0.2) is 11.4 Å². The van der Waals surface area contributed by atoms with Crippen molar-refractivity contribution in [1.29, 1.82) is 5.41 Å². The molecule has 5 aromatic carbocycles. The first-order valence-corrected chi connectivity index (χ1v) is 15.5. The molecule has 1 unspecified atom stereocenters. The van der Waals surface area contributed by atoms with Crippen LogP contribution in [0.2, 0.25) is 0 Å². The number of thioether (sulfide) groups is 1. The second-order valence-corrected chi connectivity index (χ2v) is 12.4. The van der Waals surface area contributed by atoms with E-state index in [1.165, 1.54) is 38.9 Å². The molecule has 1 atom stereocenters. The van der Waals surface area contributed by atoms with E-state index in [2.05, 4.69) is 97.1 Å². The Kier molecular flexibility index (Phi) is 6.06. The van der Waals surface area contributed by atoms with E-state index in [1.54, 1.807) is 17.8 Å². The number of rotatable bonds is 5. The monoisotopic (exact) mass is 573 g/mol. The van der Waals surface area contributed by atoms with Gasteiger partial charge in [-0.2, -0.15) is 0 Å². The fourth-order valence-corrected chi connectivity index (χ4v) is 8.17. The molecular weight excluding hydrogens is 545 g/mol. The molecule has 206 valence electrons. The molecule has 5 aromatic rings. The standard InChI is InChI=1S/C39H28N2OS/c40-33(25-11-2-1-3-12-25)21-22-34(41)37-24-23-36(43-37)28-15-10-19-32-38(28)42-35-20-9-8-18-31(35)39(32)29-16-6-4-13-26(29)27-14-5-7-17-30(27)39/h1-22,24,36,40-41H,23H2/p+1/b22-21-,40-33?,41-34?. The third kappa shape index (κ3) is 3.90. The number of benzene rings is 5. The van der Waals surface area contributed by atoms with E-state index >= 15 is 0 Å². The smallest absolute Gasteiger partial charge is 0.210 e. The molecule has 8 rings (SSSR count). The lowest BCUT2D eigenvalue weighted by Crippen LogP contribution is -2.38. The minimum absolute atomic E-state index is 0.166. The summed E-state index contributed by atoms with van der Waals surface area (Å²) in [4.78, 5) is 1.04. The van der Waals surface area contributed by atoms with E-state index in [0.717, 1.165) is 28.4 Å². The highest BCUT2D eigenvalue weighted by atomic mass is 32.2. The van der Waals surface area contributed by atoms with Gasteiger partial charge >= 0.3 is 0 Å². The number of para-hydroxylation sites is 2. The van der Waals surface area contributed by atoms with Crippen molar-refractivity contribution >= 4 is 23.2 Å². The number of hydrogen-bond acceptors (Lipinski definition) is 3. The number of nitrogens with one attached hydrogen (secondary N) is 1. The highest BCUT2D eigenvalue weighted by Crippen LogP contribution is 2.63. The normalized spacial score (nSPS) is 17.0. The zero-order valence-electron chi connectivity index (χ0n) is 23.5. The number of ether oxygens (including phenoxy) is 1. The van der Waals surface area contributed by atoms with Crippen molar-refractivity contribution in [1.82, 2.24) is 0 Å². The summed E-state index contributed by atoms with van der Waals surface area (Å²) in [7, 11) is 0. The van der Waals surface area contributed by atoms with Crippen LogP contribution in [0, 0.1) is 5.41 Å². The zero-order valence-corrected chi connectivity index (χ0v) is 24.3. The fraction of sp³-hybridized carbons (Fsp3) is 0.0769. The van der Waals surface area contributed by atoms with Crippen LogP contribution in [-0.2, 0) is 5.41 Å². The van der Waals surface area contributed by atoms with Crippen molar-refractivity contribution in [3.63, 3.8) is 0 Å². The summed E-state index contributed by atoms with van der Waals surface area (Å²) in [6, 6.07) is 42.5. The topological polar surface area (TPSA) is 58.7 Å². The molecule has 0 radical (unpaired) electrons. The van der Waals surface area contributed by atoms with E-state index in [4.69, 9.17) is 15.6 Å². The predicted octanol–water partition coefficient (Wildman–Crippen LogP) is 8.04. The summed E-state index contributed by atoms with van der Waals surface area (Å²) < 4.78 is 6.84. The van der Waals surface area contributed by atoms with E-state index in [0.29, 0.717) is 11.4 Å². The SMILES string of the molecule is N=C(/C=C\C(=[NH2+])C1=CCC(c2cccc3c2Oc2ccccc2C32c3ccccc3-c3ccccc32)S1)c1ccccc1. The molecule has 2 heterocycles. The Bertz CT molecular complexity index is 1960. The molecule has 0 fully saturated rings. The van der Waals surface area contributed by atoms with Crippen LogP contribution in [0.3, 0.4) is 0 Å². The third-order valence-electron chi connectivity index (χ3n) is 8.84. The lowest BCUT2D eigenvalue weighted by Gasteiger charge is -2.40. The maximum atomic E-state index is 8.42. The van der Waals surface area contributed by atoms with Crippen molar-refractivity contribution in [2.24, 2.45) is 0 Å². The molecule has 43 heavy (non-hydrogen) atoms. The Morgan fingerprint density at radius 3 is 2.09 bits per heavy atom. The van der Waals surface area contributed by atoms with Gasteiger partial charge in [0.2, 0.25) is 5.71 Å². The van der Waals surface area contributed by atoms with Crippen molar-refractivity contribution in [3.05, 3.63) is 178 Å². The summed E-state index contributed by atoms with van der Waals surface area (Å²) in [5, 5.41) is 15.1. The van der Waals surface area contributed by atoms with Gasteiger partial charge in [-0.1, -0.05) is 121 Å². The molecular formula is C39H29N2OS+. The molecule has 0 amide bonds. The molecule has 1 spiro atoms. The first-order chi connectivity index (χ1) is 21.2. The van der Waals surface area contributed by atoms with Crippen molar-refractivity contribution in [2.75, 3.05) is 0 Å². The molecule has 0 saturated heterocycles. The Morgan fingerprint density at radius 2 is 1.35 bits per heavy atom. The number of allylic oxidation sites excluding steroid dienone is 4. The summed E-state index contributed by atoms with van der Waals surface area (Å²) in [5.41, 5.74) is 10.2. The van der Waals surface area contributed by atoms with Gasteiger partial charge in [0.25, 0.3) is 0 Å². The van der Waals surface area contributed by atoms with Gasteiger partial charge < -0.3 is 10.1 Å². The van der Waals surface area contributed by atoms with Crippen molar-refractivity contribution in [2.45, 2.75) is 17.1 Å². The highest BCUT2D eigenvalue weighted by molar-refractivity contribution is 8.04. The molecule has 1 aliphatic carbocycles. The molecule has 0 aromatic heterocycles. The first-order valence-electron chi connectivity index (χ1n) is 14.6. The minimum atomic E-state index is -0.460. The van der Waals surface area contributed by atoms with Crippen LogP contribution in [0.4, 0.5) is 0 Å². The summed E-state index contributed by atoms with van der Waals surface area (Å²) in [5.74, 6) is 1.85. The van der Waals surface area contributed by atoms with E-state index < -0.39 is 5.41 Å². The van der Waals surface area contributed by atoms with Crippen LogP contribution in [0.1, 0.15) is 45.1 Å². The van der Waals surface area contributed by atoms with Crippen molar-refractivity contribution in [3.8, 4) is 22.6 Å². The maximum absolute atomic E-state index is 8.42. The van der Waals surface area contributed by atoms with Gasteiger partial charge in [0, 0.05) is 28.0 Å². The Balaban J connectivity index is 1.19. The molecule has 3 nitrogen and oxygen atoms in total. The van der Waals surface area contributed by atoms with Crippen molar-refractivity contribution < 1.29 is 10.1 Å². The van der Waals surface area contributed by atoms with Gasteiger partial charge in [-0.05, 0) is 46.4 Å².